The lowest BCUT2D eigenvalue weighted by Gasteiger charge is -1.99. The molecule has 2 rings (SSSR count). The van der Waals surface area contributed by atoms with Gasteiger partial charge in [-0.15, -0.1) is 0 Å². The third kappa shape index (κ3) is 1.15. The van der Waals surface area contributed by atoms with Gasteiger partial charge in [0.05, 0.1) is 22.4 Å². The summed E-state index contributed by atoms with van der Waals surface area (Å²) in [6.07, 6.45) is 1.49. The zero-order valence-corrected chi connectivity index (χ0v) is 7.30. The maximum atomic E-state index is 11.0. The molecular weight excluding hydrogens is 190 g/mol. The monoisotopic (exact) mass is 195 g/mol. The molecule has 0 saturated carbocycles. The largest absolute Gasteiger partial charge is 0.365 e. The Kier molecular flexibility index (Phi) is 1.70. The van der Waals surface area contributed by atoms with Crippen LogP contribution >= 0.6 is 11.6 Å². The van der Waals surface area contributed by atoms with Gasteiger partial charge >= 0.3 is 0 Å². The highest BCUT2D eigenvalue weighted by Crippen LogP contribution is 2.22. The molecule has 0 aliphatic heterocycles. The van der Waals surface area contributed by atoms with Gasteiger partial charge in [-0.3, -0.25) is 4.79 Å². The molecule has 2 aromatic rings. The first kappa shape index (κ1) is 8.07. The lowest BCUT2D eigenvalue weighted by atomic mass is 10.2. The maximum absolute atomic E-state index is 11.0. The molecular formula is C8H6ClN3O. The summed E-state index contributed by atoms with van der Waals surface area (Å²) in [6.45, 7) is 0. The van der Waals surface area contributed by atoms with Gasteiger partial charge in [-0.2, -0.15) is 0 Å². The molecule has 1 amide bonds. The van der Waals surface area contributed by atoms with Crippen molar-refractivity contribution in [1.82, 2.24) is 9.97 Å². The summed E-state index contributed by atoms with van der Waals surface area (Å²) in [5.74, 6) is -0.567. The van der Waals surface area contributed by atoms with E-state index in [4.69, 9.17) is 17.3 Å². The third-order valence-corrected chi connectivity index (χ3v) is 2.10. The molecule has 0 fully saturated rings. The van der Waals surface area contributed by atoms with Gasteiger partial charge < -0.3 is 10.7 Å². The number of benzene rings is 1. The number of H-pyrrole nitrogens is 1. The van der Waals surface area contributed by atoms with E-state index < -0.39 is 5.91 Å². The van der Waals surface area contributed by atoms with Crippen LogP contribution in [0.25, 0.3) is 11.0 Å². The van der Waals surface area contributed by atoms with Crippen molar-refractivity contribution in [2.45, 2.75) is 0 Å². The van der Waals surface area contributed by atoms with E-state index in [-0.39, 0.29) is 5.56 Å². The van der Waals surface area contributed by atoms with E-state index in [9.17, 15) is 4.79 Å². The van der Waals surface area contributed by atoms with Gasteiger partial charge in [0.1, 0.15) is 5.52 Å². The lowest BCUT2D eigenvalue weighted by Crippen LogP contribution is -2.12. The van der Waals surface area contributed by atoms with Gasteiger partial charge in [-0.25, -0.2) is 4.98 Å². The van der Waals surface area contributed by atoms with Crippen molar-refractivity contribution >= 4 is 28.5 Å². The molecule has 0 saturated heterocycles. The Morgan fingerprint density at radius 2 is 2.31 bits per heavy atom. The topological polar surface area (TPSA) is 71.8 Å². The fourth-order valence-corrected chi connectivity index (χ4v) is 1.46. The van der Waals surface area contributed by atoms with Gasteiger partial charge in [0, 0.05) is 0 Å². The number of amides is 1. The normalized spacial score (nSPS) is 10.5. The van der Waals surface area contributed by atoms with Crippen LogP contribution in [0.2, 0.25) is 5.02 Å². The molecule has 13 heavy (non-hydrogen) atoms. The predicted octanol–water partition coefficient (Wildman–Crippen LogP) is 1.32. The molecule has 66 valence electrons. The Morgan fingerprint density at radius 3 is 3.00 bits per heavy atom. The van der Waals surface area contributed by atoms with Crippen LogP contribution in [-0.2, 0) is 0 Å². The number of hydrogen-bond acceptors (Lipinski definition) is 2. The number of aromatic nitrogens is 2. The summed E-state index contributed by atoms with van der Waals surface area (Å²) in [5, 5.41) is 0.326. The van der Waals surface area contributed by atoms with Crippen LogP contribution in [0.4, 0.5) is 0 Å². The predicted molar refractivity (Wildman–Crippen MR) is 49.6 cm³/mol. The smallest absolute Gasteiger partial charge is 0.252 e. The summed E-state index contributed by atoms with van der Waals surface area (Å²) in [4.78, 5) is 17.8. The molecule has 0 bridgehead atoms. The zero-order chi connectivity index (χ0) is 9.42. The van der Waals surface area contributed by atoms with Crippen LogP contribution in [0.5, 0.6) is 0 Å². The molecule has 1 heterocycles. The molecule has 0 radical (unpaired) electrons. The average Bonchev–Trinajstić information content (AvgIpc) is 2.50. The van der Waals surface area contributed by atoms with Crippen LogP contribution in [0.1, 0.15) is 10.4 Å². The molecule has 4 nitrogen and oxygen atoms in total. The number of hydrogen-bond donors (Lipinski definition) is 2. The summed E-state index contributed by atoms with van der Waals surface area (Å²) in [7, 11) is 0. The van der Waals surface area contributed by atoms with E-state index >= 15 is 0 Å². The van der Waals surface area contributed by atoms with Crippen molar-refractivity contribution in [3.05, 3.63) is 29.0 Å². The second-order valence-corrected chi connectivity index (χ2v) is 2.99. The quantitative estimate of drug-likeness (QED) is 0.720. The molecule has 0 atom stereocenters. The van der Waals surface area contributed by atoms with Gasteiger partial charge in [0.25, 0.3) is 5.91 Å². The number of aromatic amines is 1. The Bertz CT molecular complexity index is 477. The number of imidazole rings is 1. The van der Waals surface area contributed by atoms with E-state index in [0.717, 1.165) is 5.52 Å². The number of primary amides is 1. The second kappa shape index (κ2) is 2.74. The molecule has 0 aliphatic carbocycles. The number of fused-ring (bicyclic) bond motifs is 1. The SMILES string of the molecule is NC(=O)c1c(Cl)ccc2[nH]cnc12. The first-order valence-electron chi connectivity index (χ1n) is 3.61. The van der Waals surface area contributed by atoms with E-state index in [2.05, 4.69) is 9.97 Å². The highest BCUT2D eigenvalue weighted by atomic mass is 35.5. The summed E-state index contributed by atoms with van der Waals surface area (Å²) in [6, 6.07) is 3.36. The molecule has 3 N–H and O–H groups in total. The average molecular weight is 196 g/mol. The van der Waals surface area contributed by atoms with Gasteiger partial charge in [0.2, 0.25) is 0 Å². The highest BCUT2D eigenvalue weighted by molar-refractivity contribution is 6.35. The minimum absolute atomic E-state index is 0.264. The Hall–Kier alpha value is -1.55. The van der Waals surface area contributed by atoms with Crippen LogP contribution in [0, 0.1) is 0 Å². The van der Waals surface area contributed by atoms with Gasteiger partial charge in [-0.1, -0.05) is 11.6 Å². The van der Waals surface area contributed by atoms with Crippen LogP contribution < -0.4 is 5.73 Å². The van der Waals surface area contributed by atoms with Gasteiger partial charge in [0.15, 0.2) is 0 Å². The third-order valence-electron chi connectivity index (χ3n) is 1.79. The Labute approximate surface area is 78.7 Å². The van der Waals surface area contributed by atoms with E-state index in [1.807, 2.05) is 0 Å². The van der Waals surface area contributed by atoms with E-state index in [0.29, 0.717) is 10.5 Å². The minimum Gasteiger partial charge on any atom is -0.365 e. The number of nitrogens with two attached hydrogens (primary N) is 1. The Balaban J connectivity index is 2.88. The van der Waals surface area contributed by atoms with Crippen LogP contribution in [0.3, 0.4) is 0 Å². The molecule has 5 heteroatoms. The molecule has 0 aliphatic rings. The van der Waals surface area contributed by atoms with Crippen LogP contribution in [-0.4, -0.2) is 15.9 Å². The first-order chi connectivity index (χ1) is 6.20. The Morgan fingerprint density at radius 1 is 1.54 bits per heavy atom. The number of rotatable bonds is 1. The van der Waals surface area contributed by atoms with Crippen molar-refractivity contribution in [1.29, 1.82) is 0 Å². The zero-order valence-electron chi connectivity index (χ0n) is 6.54. The summed E-state index contributed by atoms with van der Waals surface area (Å²) in [5.41, 5.74) is 6.69. The number of nitrogens with one attached hydrogen (secondary N) is 1. The number of carbonyl (C=O) groups excluding carboxylic acids is 1. The van der Waals surface area contributed by atoms with Crippen molar-refractivity contribution in [3.63, 3.8) is 0 Å². The highest BCUT2D eigenvalue weighted by Gasteiger charge is 2.12. The minimum atomic E-state index is -0.567. The number of halogens is 1. The standard InChI is InChI=1S/C8H6ClN3O/c9-4-1-2-5-7(12-3-11-5)6(4)8(10)13/h1-3H,(H2,10,13)(H,11,12). The fourth-order valence-electron chi connectivity index (χ4n) is 1.22. The number of carbonyl (C=O) groups is 1. The fraction of sp³-hybridized carbons (Fsp3) is 0. The lowest BCUT2D eigenvalue weighted by molar-refractivity contribution is 0.100. The van der Waals surface area contributed by atoms with Crippen molar-refractivity contribution in [2.75, 3.05) is 0 Å². The first-order valence-corrected chi connectivity index (χ1v) is 3.99. The van der Waals surface area contributed by atoms with Crippen molar-refractivity contribution < 1.29 is 4.79 Å². The molecule has 0 unspecified atom stereocenters. The van der Waals surface area contributed by atoms with Crippen molar-refractivity contribution in [2.24, 2.45) is 5.73 Å². The van der Waals surface area contributed by atoms with Crippen LogP contribution in [0.15, 0.2) is 18.5 Å². The maximum Gasteiger partial charge on any atom is 0.252 e. The second-order valence-electron chi connectivity index (χ2n) is 2.59. The van der Waals surface area contributed by atoms with E-state index in [1.54, 1.807) is 12.1 Å². The molecule has 1 aromatic heterocycles. The summed E-state index contributed by atoms with van der Waals surface area (Å²) < 4.78 is 0. The molecule has 1 aromatic carbocycles. The summed E-state index contributed by atoms with van der Waals surface area (Å²) >= 11 is 5.80. The van der Waals surface area contributed by atoms with Crippen molar-refractivity contribution in [3.8, 4) is 0 Å². The van der Waals surface area contributed by atoms with E-state index in [1.165, 1.54) is 6.33 Å². The van der Waals surface area contributed by atoms with Gasteiger partial charge in [-0.05, 0) is 12.1 Å². The number of nitrogens with zero attached hydrogens (tertiary/aromatic N) is 1. The molecule has 0 spiro atoms.